The summed E-state index contributed by atoms with van der Waals surface area (Å²) in [4.78, 5) is 26.9. The van der Waals surface area contributed by atoms with E-state index in [1.807, 2.05) is 6.92 Å². The highest BCUT2D eigenvalue weighted by Gasteiger charge is 2.42. The molecule has 15 heteroatoms. The van der Waals surface area contributed by atoms with Gasteiger partial charge in [-0.1, -0.05) is 26.7 Å². The van der Waals surface area contributed by atoms with E-state index in [2.05, 4.69) is 39.4 Å². The Morgan fingerprint density at radius 3 is 2.39 bits per heavy atom. The van der Waals surface area contributed by atoms with Crippen LogP contribution in [0.3, 0.4) is 0 Å². The number of anilines is 5. The number of unbranched alkanes of at least 4 members (excludes halogenated alkanes) is 1. The van der Waals surface area contributed by atoms with Gasteiger partial charge in [0.1, 0.15) is 12.5 Å². The first-order valence-corrected chi connectivity index (χ1v) is 15.9. The third-order valence-corrected chi connectivity index (χ3v) is 7.63. The summed E-state index contributed by atoms with van der Waals surface area (Å²) < 4.78 is 53.8. The Hall–Kier alpha value is -4.00. The van der Waals surface area contributed by atoms with E-state index in [1.165, 1.54) is 44.7 Å². The number of halogens is 1. The van der Waals surface area contributed by atoms with Crippen molar-refractivity contribution in [2.75, 3.05) is 50.3 Å². The van der Waals surface area contributed by atoms with E-state index in [9.17, 15) is 13.8 Å². The quantitative estimate of drug-likeness (QED) is 0.220. The van der Waals surface area contributed by atoms with Crippen molar-refractivity contribution in [3.05, 3.63) is 41.8 Å². The van der Waals surface area contributed by atoms with Gasteiger partial charge in [-0.25, -0.2) is 14.4 Å². The monoisotopic (exact) mass is 634 g/mol. The van der Waals surface area contributed by atoms with E-state index >= 15 is 0 Å². The number of methoxy groups -OCH3 is 2. The second-order valence-electron chi connectivity index (χ2n) is 10.2. The van der Waals surface area contributed by atoms with Crippen molar-refractivity contribution in [2.45, 2.75) is 53.1 Å². The number of nitrogens with one attached hydrogen (secondary N) is 2. The minimum absolute atomic E-state index is 0.0824. The number of aromatic nitrogens is 3. The fourth-order valence-electron chi connectivity index (χ4n) is 3.85. The van der Waals surface area contributed by atoms with Crippen LogP contribution < -0.4 is 29.7 Å². The second kappa shape index (κ2) is 14.7. The Morgan fingerprint density at radius 2 is 1.77 bits per heavy atom. The highest BCUT2D eigenvalue weighted by molar-refractivity contribution is 7.52. The van der Waals surface area contributed by atoms with Crippen LogP contribution in [0.15, 0.2) is 30.5 Å². The Balaban J connectivity index is 0.00000124. The first-order valence-electron chi connectivity index (χ1n) is 13.9. The molecular weight excluding hydrogens is 594 g/mol. The summed E-state index contributed by atoms with van der Waals surface area (Å²) in [6, 6.07) is 6.61. The second-order valence-corrected chi connectivity index (χ2v) is 12.4. The van der Waals surface area contributed by atoms with Gasteiger partial charge >= 0.3 is 7.60 Å². The van der Waals surface area contributed by atoms with Crippen LogP contribution in [0, 0.1) is 12.7 Å². The molecule has 1 aromatic carbocycles. The lowest BCUT2D eigenvalue weighted by Gasteiger charge is -2.37. The molecule has 3 heterocycles. The maximum atomic E-state index is 14.7. The average Bonchev–Trinajstić information content (AvgIpc) is 2.99. The lowest BCUT2D eigenvalue weighted by Crippen LogP contribution is -2.53. The maximum Gasteiger partial charge on any atom is 0.329 e. The zero-order chi connectivity index (χ0) is 32.7. The van der Waals surface area contributed by atoms with Crippen LogP contribution in [0.25, 0.3) is 0 Å². The van der Waals surface area contributed by atoms with Crippen molar-refractivity contribution in [1.29, 1.82) is 0 Å². The average molecular weight is 635 g/mol. The van der Waals surface area contributed by atoms with Crippen LogP contribution in [0.4, 0.5) is 33.5 Å². The highest BCUT2D eigenvalue weighted by atomic mass is 31.2. The molecule has 3 aromatic rings. The number of fused-ring (bicyclic) bond motifs is 1. The SMILES string of the molecule is CCCC.COc1cc(Nc2ncc(F)c(Nc3ccc4c(n3)N(COP(C)(=O)OC)C(=O)C(C)(C)O4)n2)cc(C)c1OC. The molecule has 0 fully saturated rings. The van der Waals surface area contributed by atoms with Gasteiger partial charge in [-0.15, -0.1) is 0 Å². The Morgan fingerprint density at radius 1 is 1.07 bits per heavy atom. The van der Waals surface area contributed by atoms with Gasteiger partial charge in [-0.2, -0.15) is 4.98 Å². The summed E-state index contributed by atoms with van der Waals surface area (Å²) in [6.45, 7) is 10.3. The summed E-state index contributed by atoms with van der Waals surface area (Å²) in [5.74, 6) is 0.297. The third-order valence-electron chi connectivity index (χ3n) is 6.38. The molecule has 1 unspecified atom stereocenters. The molecule has 1 aliphatic heterocycles. The summed E-state index contributed by atoms with van der Waals surface area (Å²) >= 11 is 0. The number of hydrogen-bond acceptors (Lipinski definition) is 12. The minimum atomic E-state index is -3.41. The molecule has 1 aliphatic rings. The number of amides is 1. The lowest BCUT2D eigenvalue weighted by molar-refractivity contribution is -0.133. The van der Waals surface area contributed by atoms with Crippen LogP contribution in [0.1, 0.15) is 46.1 Å². The van der Waals surface area contributed by atoms with E-state index in [0.29, 0.717) is 17.2 Å². The molecule has 0 saturated heterocycles. The van der Waals surface area contributed by atoms with Crippen LogP contribution in [-0.4, -0.2) is 61.2 Å². The number of carbonyl (C=O) groups excluding carboxylic acids is 1. The highest BCUT2D eigenvalue weighted by Crippen LogP contribution is 2.45. The van der Waals surface area contributed by atoms with E-state index in [0.717, 1.165) is 11.8 Å². The van der Waals surface area contributed by atoms with Crippen LogP contribution in [-0.2, 0) is 18.4 Å². The van der Waals surface area contributed by atoms with Crippen LogP contribution in [0.5, 0.6) is 17.2 Å². The van der Waals surface area contributed by atoms with Gasteiger partial charge in [0.2, 0.25) is 5.95 Å². The molecule has 1 atom stereocenters. The molecule has 13 nitrogen and oxygen atoms in total. The molecule has 1 amide bonds. The molecule has 44 heavy (non-hydrogen) atoms. The van der Waals surface area contributed by atoms with Gasteiger partial charge in [-0.3, -0.25) is 18.8 Å². The smallest absolute Gasteiger partial charge is 0.329 e. The first kappa shape index (κ1) is 34.5. The molecule has 0 saturated carbocycles. The van der Waals surface area contributed by atoms with E-state index in [4.69, 9.17) is 23.3 Å². The Kier molecular flexibility index (Phi) is 11.5. The molecule has 2 N–H and O–H groups in total. The van der Waals surface area contributed by atoms with Crippen LogP contribution in [0.2, 0.25) is 0 Å². The zero-order valence-corrected chi connectivity index (χ0v) is 27.4. The van der Waals surface area contributed by atoms with E-state index in [-0.39, 0.29) is 29.2 Å². The number of pyridine rings is 1. The summed E-state index contributed by atoms with van der Waals surface area (Å²) in [6.07, 6.45) is 3.64. The topological polar surface area (TPSA) is 146 Å². The number of aryl methyl sites for hydroxylation is 1. The number of ether oxygens (including phenoxy) is 3. The van der Waals surface area contributed by atoms with Crippen molar-refractivity contribution < 1.29 is 37.0 Å². The van der Waals surface area contributed by atoms with E-state index in [1.54, 1.807) is 39.2 Å². The molecule has 0 bridgehead atoms. The van der Waals surface area contributed by atoms with Crippen molar-refractivity contribution in [3.8, 4) is 17.2 Å². The van der Waals surface area contributed by atoms with Gasteiger partial charge in [0.05, 0.1) is 20.4 Å². The minimum Gasteiger partial charge on any atom is -0.493 e. The van der Waals surface area contributed by atoms with Gasteiger partial charge < -0.3 is 29.4 Å². The number of rotatable bonds is 11. The standard InChI is InChI=1S/C25H30FN6O7P.C4H10/c1-14-10-15(11-18(35-4)20(14)36-5)28-24-27-12-16(26)21(31-24)29-19-9-8-17-22(30-19)32(13-38-40(7,34)37-6)23(33)25(2,3)39-17;1-3-4-2/h8-12H,13H2,1-7H3,(H2,27,28,29,30,31);3-4H2,1-2H3. The fraction of sp³-hybridized carbons (Fsp3) is 0.448. The number of benzene rings is 1. The van der Waals surface area contributed by atoms with Gasteiger partial charge in [-0.05, 0) is 44.5 Å². The predicted octanol–water partition coefficient (Wildman–Crippen LogP) is 6.58. The Labute approximate surface area is 257 Å². The van der Waals surface area contributed by atoms with Crippen LogP contribution >= 0.6 is 7.60 Å². The van der Waals surface area contributed by atoms with Crippen molar-refractivity contribution in [1.82, 2.24) is 15.0 Å². The molecular formula is C29H40FN6O7P. The predicted molar refractivity (Wildman–Crippen MR) is 166 cm³/mol. The molecule has 0 spiro atoms. The normalized spacial score (nSPS) is 14.8. The van der Waals surface area contributed by atoms with Gasteiger partial charge in [0.25, 0.3) is 5.91 Å². The summed E-state index contributed by atoms with van der Waals surface area (Å²) in [7, 11) is 0.903. The zero-order valence-electron chi connectivity index (χ0n) is 26.5. The molecule has 0 radical (unpaired) electrons. The molecule has 4 rings (SSSR count). The summed E-state index contributed by atoms with van der Waals surface area (Å²) in [5.41, 5.74) is 0.166. The van der Waals surface area contributed by atoms with Gasteiger partial charge in [0, 0.05) is 25.5 Å². The third kappa shape index (κ3) is 8.34. The number of hydrogen-bond donors (Lipinski definition) is 2. The van der Waals surface area contributed by atoms with Crippen molar-refractivity contribution >= 4 is 42.6 Å². The van der Waals surface area contributed by atoms with Crippen molar-refractivity contribution in [2.24, 2.45) is 0 Å². The molecule has 0 aliphatic carbocycles. The molecule has 240 valence electrons. The fourth-order valence-corrected chi connectivity index (χ4v) is 4.28. The number of nitrogens with zero attached hydrogens (tertiary/aromatic N) is 4. The molecule has 2 aromatic heterocycles. The van der Waals surface area contributed by atoms with Gasteiger partial charge in [0.15, 0.2) is 40.3 Å². The largest absolute Gasteiger partial charge is 0.493 e. The maximum absolute atomic E-state index is 14.7. The first-order chi connectivity index (χ1) is 20.8. The van der Waals surface area contributed by atoms with E-state index < -0.39 is 31.7 Å². The van der Waals surface area contributed by atoms with Crippen molar-refractivity contribution in [3.63, 3.8) is 0 Å². The lowest BCUT2D eigenvalue weighted by atomic mass is 10.1. The Bertz CT molecular complexity index is 1520. The summed E-state index contributed by atoms with van der Waals surface area (Å²) in [5, 5.41) is 5.82. The number of carbonyl (C=O) groups is 1.